The second-order valence-corrected chi connectivity index (χ2v) is 6.28. The van der Waals surface area contributed by atoms with Crippen molar-refractivity contribution >= 4 is 5.91 Å². The highest BCUT2D eigenvalue weighted by Crippen LogP contribution is 2.30. The van der Waals surface area contributed by atoms with Crippen LogP contribution < -0.4 is 9.47 Å². The fourth-order valence-electron chi connectivity index (χ4n) is 3.44. The highest BCUT2D eigenvalue weighted by atomic mass is 16.5. The van der Waals surface area contributed by atoms with Gasteiger partial charge < -0.3 is 14.4 Å². The molecule has 0 saturated carbocycles. The van der Waals surface area contributed by atoms with Crippen LogP contribution in [0, 0.1) is 0 Å². The zero-order chi connectivity index (χ0) is 17.6. The van der Waals surface area contributed by atoms with Gasteiger partial charge in [-0.2, -0.15) is 0 Å². The number of likely N-dealkylation sites (tertiary alicyclic amines) is 1. The number of rotatable bonds is 6. The minimum atomic E-state index is 0.0692. The Balaban J connectivity index is 1.77. The maximum absolute atomic E-state index is 13.0. The molecule has 4 heteroatoms. The summed E-state index contributed by atoms with van der Waals surface area (Å²) in [6, 6.07) is 16.1. The summed E-state index contributed by atoms with van der Waals surface area (Å²) in [6.07, 6.45) is 3.01. The van der Waals surface area contributed by atoms with Gasteiger partial charge in [0.15, 0.2) is 11.5 Å². The van der Waals surface area contributed by atoms with Crippen molar-refractivity contribution in [1.29, 1.82) is 0 Å². The fraction of sp³-hybridized carbons (Fsp3) is 0.381. The van der Waals surface area contributed by atoms with E-state index in [1.54, 1.807) is 13.2 Å². The second kappa shape index (κ2) is 8.06. The maximum Gasteiger partial charge on any atom is 0.254 e. The van der Waals surface area contributed by atoms with Crippen LogP contribution in [-0.4, -0.2) is 37.1 Å². The molecule has 0 radical (unpaired) electrons. The molecule has 0 spiro atoms. The van der Waals surface area contributed by atoms with Crippen molar-refractivity contribution in [1.82, 2.24) is 4.90 Å². The molecule has 25 heavy (non-hydrogen) atoms. The van der Waals surface area contributed by atoms with Gasteiger partial charge in [0, 0.05) is 18.2 Å². The van der Waals surface area contributed by atoms with E-state index in [0.717, 1.165) is 25.8 Å². The molecule has 2 aromatic rings. The van der Waals surface area contributed by atoms with Crippen molar-refractivity contribution in [3.63, 3.8) is 0 Å². The van der Waals surface area contributed by atoms with Gasteiger partial charge in [0.1, 0.15) is 0 Å². The zero-order valence-corrected chi connectivity index (χ0v) is 14.9. The molecule has 0 aromatic heterocycles. The average Bonchev–Trinajstić information content (AvgIpc) is 3.10. The van der Waals surface area contributed by atoms with E-state index in [0.29, 0.717) is 23.7 Å². The molecule has 1 unspecified atom stereocenters. The molecule has 0 bridgehead atoms. The lowest BCUT2D eigenvalue weighted by atomic mass is 10.0. The molecule has 0 aliphatic carbocycles. The van der Waals surface area contributed by atoms with Gasteiger partial charge in [0.05, 0.1) is 13.7 Å². The van der Waals surface area contributed by atoms with Gasteiger partial charge in [-0.25, -0.2) is 0 Å². The molecule has 1 aliphatic heterocycles. The van der Waals surface area contributed by atoms with Gasteiger partial charge in [0.2, 0.25) is 0 Å². The third-order valence-corrected chi connectivity index (χ3v) is 4.66. The first-order chi connectivity index (χ1) is 12.2. The van der Waals surface area contributed by atoms with Crippen LogP contribution in [0.15, 0.2) is 48.5 Å². The summed E-state index contributed by atoms with van der Waals surface area (Å²) in [5.74, 6) is 1.34. The van der Waals surface area contributed by atoms with Crippen molar-refractivity contribution in [3.8, 4) is 11.5 Å². The number of amides is 1. The lowest BCUT2D eigenvalue weighted by molar-refractivity contribution is 0.0736. The van der Waals surface area contributed by atoms with Gasteiger partial charge >= 0.3 is 0 Å². The van der Waals surface area contributed by atoms with E-state index in [9.17, 15) is 4.79 Å². The molecule has 1 aliphatic rings. The normalized spacial score (nSPS) is 16.7. The predicted molar refractivity (Wildman–Crippen MR) is 98.4 cm³/mol. The highest BCUT2D eigenvalue weighted by molar-refractivity contribution is 5.95. The second-order valence-electron chi connectivity index (χ2n) is 6.28. The number of nitrogens with zero attached hydrogens (tertiary/aromatic N) is 1. The lowest BCUT2D eigenvalue weighted by Crippen LogP contribution is -2.36. The number of carbonyl (C=O) groups excluding carboxylic acids is 1. The van der Waals surface area contributed by atoms with Gasteiger partial charge in [-0.05, 0) is 49.9 Å². The van der Waals surface area contributed by atoms with Crippen molar-refractivity contribution in [2.75, 3.05) is 20.3 Å². The summed E-state index contributed by atoms with van der Waals surface area (Å²) in [5, 5.41) is 0. The van der Waals surface area contributed by atoms with Crippen LogP contribution in [0.25, 0.3) is 0 Å². The lowest BCUT2D eigenvalue weighted by Gasteiger charge is -2.25. The van der Waals surface area contributed by atoms with Crippen molar-refractivity contribution < 1.29 is 14.3 Å². The Bertz CT molecular complexity index is 714. The first kappa shape index (κ1) is 17.3. The number of carbonyl (C=O) groups is 1. The Kier molecular flexibility index (Phi) is 5.59. The van der Waals surface area contributed by atoms with Crippen LogP contribution in [0.5, 0.6) is 11.5 Å². The molecule has 1 heterocycles. The molecule has 1 atom stereocenters. The Morgan fingerprint density at radius 2 is 1.96 bits per heavy atom. The SMILES string of the molecule is CCOc1ccc(C(=O)N2CCCC2Cc2ccccc2)cc1OC. The first-order valence-electron chi connectivity index (χ1n) is 8.88. The molecule has 132 valence electrons. The summed E-state index contributed by atoms with van der Waals surface area (Å²) >= 11 is 0. The minimum absolute atomic E-state index is 0.0692. The molecule has 4 nitrogen and oxygen atoms in total. The minimum Gasteiger partial charge on any atom is -0.493 e. The first-order valence-corrected chi connectivity index (χ1v) is 8.88. The Morgan fingerprint density at radius 3 is 2.68 bits per heavy atom. The van der Waals surface area contributed by atoms with Crippen molar-refractivity contribution in [3.05, 3.63) is 59.7 Å². The van der Waals surface area contributed by atoms with Gasteiger partial charge in [0.25, 0.3) is 5.91 Å². The summed E-state index contributed by atoms with van der Waals surface area (Å²) in [4.78, 5) is 15.0. The molecule has 2 aromatic carbocycles. The van der Waals surface area contributed by atoms with Crippen LogP contribution >= 0.6 is 0 Å². The monoisotopic (exact) mass is 339 g/mol. The number of benzene rings is 2. The summed E-state index contributed by atoms with van der Waals surface area (Å²) in [6.45, 7) is 3.30. The standard InChI is InChI=1S/C21H25NO3/c1-3-25-19-12-11-17(15-20(19)24-2)21(23)22-13-7-10-18(22)14-16-8-5-4-6-9-16/h4-6,8-9,11-12,15,18H,3,7,10,13-14H2,1-2H3. The average molecular weight is 339 g/mol. The Labute approximate surface area is 149 Å². The third-order valence-electron chi connectivity index (χ3n) is 4.66. The van der Waals surface area contributed by atoms with E-state index in [4.69, 9.17) is 9.47 Å². The van der Waals surface area contributed by atoms with Gasteiger partial charge in [-0.3, -0.25) is 4.79 Å². The molecule has 0 N–H and O–H groups in total. The van der Waals surface area contributed by atoms with E-state index in [-0.39, 0.29) is 11.9 Å². The van der Waals surface area contributed by atoms with Crippen molar-refractivity contribution in [2.24, 2.45) is 0 Å². The van der Waals surface area contributed by atoms with Crippen LogP contribution in [0.4, 0.5) is 0 Å². The van der Waals surface area contributed by atoms with Crippen molar-refractivity contribution in [2.45, 2.75) is 32.2 Å². The molecule has 1 fully saturated rings. The Morgan fingerprint density at radius 1 is 1.16 bits per heavy atom. The molecular weight excluding hydrogens is 314 g/mol. The summed E-state index contributed by atoms with van der Waals surface area (Å²) in [7, 11) is 1.60. The topological polar surface area (TPSA) is 38.8 Å². The largest absolute Gasteiger partial charge is 0.493 e. The van der Waals surface area contributed by atoms with E-state index < -0.39 is 0 Å². The third kappa shape index (κ3) is 3.95. The molecular formula is C21H25NO3. The zero-order valence-electron chi connectivity index (χ0n) is 14.9. The van der Waals surface area contributed by atoms with E-state index >= 15 is 0 Å². The number of methoxy groups -OCH3 is 1. The van der Waals surface area contributed by atoms with Crippen LogP contribution in [0.1, 0.15) is 35.7 Å². The predicted octanol–water partition coefficient (Wildman–Crippen LogP) is 3.94. The quantitative estimate of drug-likeness (QED) is 0.800. The van der Waals surface area contributed by atoms with Gasteiger partial charge in [-0.15, -0.1) is 0 Å². The number of ether oxygens (including phenoxy) is 2. The van der Waals surface area contributed by atoms with Crippen LogP contribution in [-0.2, 0) is 6.42 Å². The fourth-order valence-corrected chi connectivity index (χ4v) is 3.44. The number of hydrogen-bond acceptors (Lipinski definition) is 3. The Hall–Kier alpha value is -2.49. The maximum atomic E-state index is 13.0. The van der Waals surface area contributed by atoms with E-state index in [1.807, 2.05) is 42.2 Å². The van der Waals surface area contributed by atoms with Gasteiger partial charge in [-0.1, -0.05) is 30.3 Å². The van der Waals surface area contributed by atoms with E-state index in [1.165, 1.54) is 5.56 Å². The summed E-state index contributed by atoms with van der Waals surface area (Å²) in [5.41, 5.74) is 1.93. The van der Waals surface area contributed by atoms with Crippen LogP contribution in [0.3, 0.4) is 0 Å². The molecule has 1 saturated heterocycles. The van der Waals surface area contributed by atoms with Crippen LogP contribution in [0.2, 0.25) is 0 Å². The highest BCUT2D eigenvalue weighted by Gasteiger charge is 2.29. The molecule has 3 rings (SSSR count). The number of hydrogen-bond donors (Lipinski definition) is 0. The summed E-state index contributed by atoms with van der Waals surface area (Å²) < 4.78 is 10.9. The van der Waals surface area contributed by atoms with E-state index in [2.05, 4.69) is 12.1 Å². The molecule has 1 amide bonds. The smallest absolute Gasteiger partial charge is 0.254 e.